The molecule has 0 saturated heterocycles. The van der Waals surface area contributed by atoms with Gasteiger partial charge in [-0.2, -0.15) is 0 Å². The predicted octanol–water partition coefficient (Wildman–Crippen LogP) is -2.96. The van der Waals surface area contributed by atoms with Gasteiger partial charge in [0.15, 0.2) is 0 Å². The van der Waals surface area contributed by atoms with Gasteiger partial charge in [-0.3, -0.25) is 0 Å². The van der Waals surface area contributed by atoms with E-state index in [2.05, 4.69) is 41.3 Å². The number of quaternary nitrogens is 1. The van der Waals surface area contributed by atoms with Crippen molar-refractivity contribution in [1.82, 2.24) is 0 Å². The van der Waals surface area contributed by atoms with E-state index in [1.165, 1.54) is 0 Å². The quantitative estimate of drug-likeness (QED) is 0.381. The second-order valence-corrected chi connectivity index (χ2v) is 4.78. The number of aliphatic hydroxyl groups is 3. The normalized spacial score (nSPS) is 9.07. The molecule has 8 heteroatoms. The summed E-state index contributed by atoms with van der Waals surface area (Å²) in [5, 5.41) is 23.6. The zero-order valence-corrected chi connectivity index (χ0v) is 12.3. The van der Waals surface area contributed by atoms with Crippen LogP contribution in [0.2, 0.25) is 0 Å². The van der Waals surface area contributed by atoms with E-state index in [1.807, 2.05) is 0 Å². The van der Waals surface area contributed by atoms with E-state index >= 15 is 0 Å². The number of hydrogen-bond acceptors (Lipinski definition) is 3. The molecule has 0 bridgehead atoms. The van der Waals surface area contributed by atoms with E-state index < -0.39 is 0 Å². The minimum absolute atomic E-state index is 0. The van der Waals surface area contributed by atoms with Crippen molar-refractivity contribution in [2.45, 2.75) is 0 Å². The van der Waals surface area contributed by atoms with Crippen LogP contribution in [0.1, 0.15) is 0 Å². The molecule has 0 aromatic carbocycles. The van der Waals surface area contributed by atoms with E-state index in [9.17, 15) is 0 Å². The minimum atomic E-state index is -0.125. The standard InChI is InChI=1S/C5H14NO.C2H6O2.3ClH.Cu/c1-6(2,3)4-5-7;3-1-2-4;;;;/h7H,4-5H2,1-3H3;3-4H,1-2H2;3*1H;/q+1;;;;;+2/p-3. The van der Waals surface area contributed by atoms with E-state index in [4.69, 9.17) is 15.3 Å². The molecule has 103 valence electrons. The Morgan fingerprint density at radius 1 is 0.933 bits per heavy atom. The summed E-state index contributed by atoms with van der Waals surface area (Å²) < 4.78 is 0.844. The first-order chi connectivity index (χ1) is 6.39. The first kappa shape index (κ1) is 25.2. The molecule has 0 heterocycles. The Bertz CT molecular complexity index is 94.0. The molecule has 0 aliphatic carbocycles. The van der Waals surface area contributed by atoms with E-state index in [0.29, 0.717) is 0 Å². The van der Waals surface area contributed by atoms with Crippen LogP contribution in [0.25, 0.3) is 0 Å². The second-order valence-electron chi connectivity index (χ2n) is 3.23. The van der Waals surface area contributed by atoms with Gasteiger partial charge in [-0.05, 0) is 0 Å². The van der Waals surface area contributed by atoms with Crippen molar-refractivity contribution in [2.75, 3.05) is 47.5 Å². The van der Waals surface area contributed by atoms with Crippen LogP contribution in [-0.4, -0.2) is 67.3 Å². The van der Waals surface area contributed by atoms with Crippen LogP contribution in [0.15, 0.2) is 0 Å². The first-order valence-electron chi connectivity index (χ1n) is 3.83. The van der Waals surface area contributed by atoms with Crippen molar-refractivity contribution < 1.29 is 45.3 Å². The van der Waals surface area contributed by atoms with Crippen LogP contribution in [0.4, 0.5) is 0 Å². The number of halogens is 3. The maximum atomic E-state index is 8.39. The zero-order valence-electron chi connectivity index (χ0n) is 9.05. The van der Waals surface area contributed by atoms with Crippen molar-refractivity contribution >= 4 is 20.2 Å². The molecule has 0 aromatic heterocycles. The van der Waals surface area contributed by atoms with Crippen LogP contribution in [0.5, 0.6) is 0 Å². The SMILES string of the molecule is C[N+](C)(C)CCO.OCCO.[Cl-].[Cl][Cu][Cl]. The Morgan fingerprint density at radius 2 is 1.20 bits per heavy atom. The van der Waals surface area contributed by atoms with Gasteiger partial charge in [-0.15, -0.1) is 0 Å². The Hall–Kier alpha value is 1.23. The number of likely N-dealkylation sites (N-methyl/N-ethyl adjacent to an activating group) is 1. The third-order valence-electron chi connectivity index (χ3n) is 0.871. The van der Waals surface area contributed by atoms with Gasteiger partial charge in [-0.25, -0.2) is 0 Å². The van der Waals surface area contributed by atoms with Crippen molar-refractivity contribution in [3.8, 4) is 0 Å². The van der Waals surface area contributed by atoms with E-state index in [0.717, 1.165) is 24.2 Å². The molecule has 0 fully saturated rings. The summed E-state index contributed by atoms with van der Waals surface area (Å²) in [7, 11) is 15.5. The molecule has 0 amide bonds. The van der Waals surface area contributed by atoms with Crippen molar-refractivity contribution in [2.24, 2.45) is 0 Å². The molecule has 0 aliphatic rings. The summed E-state index contributed by atoms with van der Waals surface area (Å²) in [5.74, 6) is 0. The molecule has 4 nitrogen and oxygen atoms in total. The van der Waals surface area contributed by atoms with Gasteiger partial charge in [0.05, 0.1) is 41.0 Å². The second kappa shape index (κ2) is 20.6. The molecular formula is C7H20Cl3CuNO3. The van der Waals surface area contributed by atoms with Crippen molar-refractivity contribution in [1.29, 1.82) is 0 Å². The maximum absolute atomic E-state index is 8.39. The number of aliphatic hydroxyl groups excluding tert-OH is 3. The van der Waals surface area contributed by atoms with Gasteiger partial charge in [0, 0.05) is 0 Å². The third kappa shape index (κ3) is 68.7. The number of rotatable bonds is 3. The first-order valence-corrected chi connectivity index (χ1v) is 6.43. The molecule has 0 aliphatic heterocycles. The Balaban J connectivity index is -0.0000000654. The molecule has 0 atom stereocenters. The summed E-state index contributed by atoms with van der Waals surface area (Å²) in [4.78, 5) is 0. The summed E-state index contributed by atoms with van der Waals surface area (Å²) in [6.07, 6.45) is 0. The van der Waals surface area contributed by atoms with Gasteiger partial charge in [0.1, 0.15) is 6.54 Å². The van der Waals surface area contributed by atoms with Crippen LogP contribution in [-0.2, 0) is 13.1 Å². The third-order valence-corrected chi connectivity index (χ3v) is 0.871. The van der Waals surface area contributed by atoms with E-state index in [1.54, 1.807) is 0 Å². The molecule has 0 spiro atoms. The van der Waals surface area contributed by atoms with Crippen LogP contribution in [0, 0.1) is 0 Å². The fourth-order valence-corrected chi connectivity index (χ4v) is 0.300. The molecular weight excluding hydrogens is 316 g/mol. The van der Waals surface area contributed by atoms with Gasteiger partial charge >= 0.3 is 33.3 Å². The van der Waals surface area contributed by atoms with Crippen molar-refractivity contribution in [3.63, 3.8) is 0 Å². The summed E-state index contributed by atoms with van der Waals surface area (Å²) >= 11 is 0.757. The topological polar surface area (TPSA) is 60.7 Å². The fraction of sp³-hybridized carbons (Fsp3) is 1.00. The Kier molecular flexibility index (Phi) is 34.6. The predicted molar refractivity (Wildman–Crippen MR) is 55.9 cm³/mol. The molecule has 0 saturated carbocycles. The average Bonchev–Trinajstić information content (AvgIpc) is 2.04. The summed E-state index contributed by atoms with van der Waals surface area (Å²) in [5.41, 5.74) is 0. The number of hydrogen-bond donors (Lipinski definition) is 3. The average molecular weight is 336 g/mol. The van der Waals surface area contributed by atoms with E-state index in [-0.39, 0.29) is 32.2 Å². The van der Waals surface area contributed by atoms with Crippen LogP contribution >= 0.6 is 20.2 Å². The molecule has 0 unspecified atom stereocenters. The van der Waals surface area contributed by atoms with Gasteiger partial charge in [0.2, 0.25) is 0 Å². The fourth-order valence-electron chi connectivity index (χ4n) is 0.300. The summed E-state index contributed by atoms with van der Waals surface area (Å²) in [6.45, 7) is 0.865. The number of nitrogens with zero attached hydrogens (tertiary/aromatic N) is 1. The Morgan fingerprint density at radius 3 is 1.20 bits per heavy atom. The van der Waals surface area contributed by atoms with Crippen LogP contribution in [0.3, 0.4) is 0 Å². The van der Waals surface area contributed by atoms with Gasteiger partial charge in [-0.1, -0.05) is 0 Å². The molecule has 0 aromatic rings. The summed E-state index contributed by atoms with van der Waals surface area (Å²) in [6, 6.07) is 0. The molecule has 3 N–H and O–H groups in total. The Labute approximate surface area is 113 Å². The zero-order chi connectivity index (χ0) is 12.0. The van der Waals surface area contributed by atoms with Crippen LogP contribution < -0.4 is 12.4 Å². The van der Waals surface area contributed by atoms with Gasteiger partial charge in [0.25, 0.3) is 0 Å². The monoisotopic (exact) mass is 334 g/mol. The molecule has 15 heavy (non-hydrogen) atoms. The van der Waals surface area contributed by atoms with Gasteiger partial charge < -0.3 is 32.2 Å². The molecule has 0 radical (unpaired) electrons. The van der Waals surface area contributed by atoms with Crippen molar-refractivity contribution in [3.05, 3.63) is 0 Å². The molecule has 0 rings (SSSR count).